The van der Waals surface area contributed by atoms with Crippen LogP contribution in [0.25, 0.3) is 43.1 Å². The fourth-order valence-corrected chi connectivity index (χ4v) is 7.33. The molecule has 0 N–H and O–H groups in total. The van der Waals surface area contributed by atoms with Crippen molar-refractivity contribution in [2.24, 2.45) is 0 Å². The first-order valence-electron chi connectivity index (χ1n) is 15.3. The molecule has 7 aromatic rings. The number of fused-ring (bicyclic) bond motifs is 2. The number of carbonyl (C=O) groups is 4. The summed E-state index contributed by atoms with van der Waals surface area (Å²) in [5.74, 6) is -0.634. The topological polar surface area (TPSA) is 93.2 Å². The Morgan fingerprint density at radius 2 is 0.854 bits per heavy atom. The van der Waals surface area contributed by atoms with E-state index in [9.17, 15) is 19.2 Å². The average molecular weight is 627 g/mol. The first-order chi connectivity index (χ1) is 23.4. The number of amides is 4. The lowest BCUT2D eigenvalue weighted by Gasteiger charge is -2.30. The maximum atomic E-state index is 14.0. The van der Waals surface area contributed by atoms with Gasteiger partial charge in [-0.2, -0.15) is 0 Å². The fourth-order valence-electron chi connectivity index (χ4n) is 7.33. The number of benzene rings is 7. The number of hydrogen-bond acceptors (Lipinski definition) is 6. The van der Waals surface area contributed by atoms with E-state index < -0.39 is 23.6 Å². The molecule has 7 aromatic carbocycles. The smallest absolute Gasteiger partial charge is 0.265 e. The lowest BCUT2D eigenvalue weighted by atomic mass is 9.82. The Bertz CT molecular complexity index is 2510. The first-order valence-corrected chi connectivity index (χ1v) is 15.3. The molecule has 2 aliphatic heterocycles. The lowest BCUT2D eigenvalue weighted by molar-refractivity contribution is 0.0877. The number of nitrogens with zero attached hydrogens (tertiary/aromatic N) is 2. The normalized spacial score (nSPS) is 14.1. The molecule has 0 aliphatic carbocycles. The van der Waals surface area contributed by atoms with Gasteiger partial charge in [0.25, 0.3) is 23.6 Å². The van der Waals surface area contributed by atoms with Gasteiger partial charge in [-0.3, -0.25) is 19.2 Å². The largest absolute Gasteiger partial charge is 0.494 e. The zero-order valence-electron chi connectivity index (χ0n) is 25.4. The van der Waals surface area contributed by atoms with E-state index in [0.717, 1.165) is 37.2 Å². The maximum Gasteiger partial charge on any atom is 0.265 e. The van der Waals surface area contributed by atoms with Gasteiger partial charge in [-0.25, -0.2) is 9.80 Å². The van der Waals surface area contributed by atoms with Crippen LogP contribution in [-0.2, 0) is 0 Å². The van der Waals surface area contributed by atoms with Crippen molar-refractivity contribution in [1.82, 2.24) is 0 Å². The number of ether oxygens (including phenoxy) is 2. The van der Waals surface area contributed by atoms with Crippen LogP contribution in [0.2, 0.25) is 0 Å². The number of rotatable bonds is 5. The second-order valence-corrected chi connectivity index (χ2v) is 11.7. The van der Waals surface area contributed by atoms with Crippen molar-refractivity contribution in [3.05, 3.63) is 119 Å². The molecular weight excluding hydrogens is 604 g/mol. The van der Waals surface area contributed by atoms with Crippen molar-refractivity contribution in [3.8, 4) is 24.0 Å². The predicted molar refractivity (Wildman–Crippen MR) is 183 cm³/mol. The summed E-state index contributed by atoms with van der Waals surface area (Å²) in [7, 11) is 0. The Hall–Kier alpha value is -6.72. The van der Waals surface area contributed by atoms with Gasteiger partial charge >= 0.3 is 0 Å². The fraction of sp³-hybridized carbons (Fsp3) is 0.0500. The third-order valence-corrected chi connectivity index (χ3v) is 9.31. The van der Waals surface area contributed by atoms with Gasteiger partial charge in [0.05, 0.1) is 18.0 Å². The Labute approximate surface area is 273 Å². The predicted octanol–water partition coefficient (Wildman–Crippen LogP) is 7.71. The highest BCUT2D eigenvalue weighted by molar-refractivity contribution is 6.45. The number of terminal acetylenes is 1. The molecule has 0 bridgehead atoms. The number of carbonyl (C=O) groups excluding carboxylic acids is 4. The van der Waals surface area contributed by atoms with Gasteiger partial charge in [-0.1, -0.05) is 30.7 Å². The monoisotopic (exact) mass is 626 g/mol. The van der Waals surface area contributed by atoms with Crippen LogP contribution in [0.1, 0.15) is 48.4 Å². The van der Waals surface area contributed by atoms with Crippen LogP contribution < -0.4 is 19.3 Å². The molecule has 228 valence electrons. The number of anilines is 2. The van der Waals surface area contributed by atoms with E-state index in [2.05, 4.69) is 6.11 Å². The standard InChI is InChI=1S/C40H22N2O6/c1-3-47-23-9-5-21(6-10-23)41-37(43)29-17-13-25-27-15-19-31-36-32(40(46)42(39(31)45)22-7-11-24(12-8-22)48-4-2)20-16-28(34(27)36)26-14-18-30(38(41)44)35(29)33(25)26/h1,5-20H,4H2,2H3. The van der Waals surface area contributed by atoms with Gasteiger partial charge in [0.15, 0.2) is 0 Å². The summed E-state index contributed by atoms with van der Waals surface area (Å²) in [6, 6.07) is 27.9. The maximum absolute atomic E-state index is 14.0. The van der Waals surface area contributed by atoms with E-state index in [4.69, 9.17) is 15.9 Å². The van der Waals surface area contributed by atoms with Crippen molar-refractivity contribution in [2.75, 3.05) is 16.4 Å². The van der Waals surface area contributed by atoms with Crippen LogP contribution in [-0.4, -0.2) is 30.2 Å². The van der Waals surface area contributed by atoms with Gasteiger partial charge in [-0.15, -0.1) is 0 Å². The molecule has 48 heavy (non-hydrogen) atoms. The summed E-state index contributed by atoms with van der Waals surface area (Å²) < 4.78 is 10.6. The Morgan fingerprint density at radius 1 is 0.500 bits per heavy atom. The molecule has 0 spiro atoms. The van der Waals surface area contributed by atoms with E-state index in [1.54, 1.807) is 72.8 Å². The lowest BCUT2D eigenvalue weighted by Crippen LogP contribution is -2.40. The average Bonchev–Trinajstić information content (AvgIpc) is 3.10. The molecule has 0 aromatic heterocycles. The minimum absolute atomic E-state index is 0.395. The van der Waals surface area contributed by atoms with Crippen LogP contribution in [0.4, 0.5) is 11.4 Å². The molecule has 2 heterocycles. The second kappa shape index (κ2) is 9.89. The van der Waals surface area contributed by atoms with E-state index in [1.807, 2.05) is 31.2 Å². The number of imide groups is 2. The van der Waals surface area contributed by atoms with Crippen LogP contribution in [0.5, 0.6) is 11.5 Å². The summed E-state index contributed by atoms with van der Waals surface area (Å²) in [6.07, 6.45) is 7.33. The van der Waals surface area contributed by atoms with E-state index in [1.165, 1.54) is 4.90 Å². The molecule has 0 radical (unpaired) electrons. The highest BCUT2D eigenvalue weighted by Gasteiger charge is 2.38. The summed E-state index contributed by atoms with van der Waals surface area (Å²) in [5.41, 5.74) is 2.50. The van der Waals surface area contributed by atoms with Crippen molar-refractivity contribution < 1.29 is 28.7 Å². The zero-order chi connectivity index (χ0) is 32.8. The Balaban J connectivity index is 1.23. The third kappa shape index (κ3) is 3.55. The highest BCUT2D eigenvalue weighted by atomic mass is 16.5. The third-order valence-electron chi connectivity index (χ3n) is 9.31. The minimum Gasteiger partial charge on any atom is -0.494 e. The minimum atomic E-state index is -0.441. The molecule has 8 heteroatoms. The van der Waals surface area contributed by atoms with E-state index in [-0.39, 0.29) is 0 Å². The molecule has 0 saturated carbocycles. The van der Waals surface area contributed by atoms with Gasteiger partial charge in [-0.05, 0) is 112 Å². The molecule has 2 aliphatic rings. The van der Waals surface area contributed by atoms with Crippen LogP contribution in [0.15, 0.2) is 97.1 Å². The number of hydrogen-bond donors (Lipinski definition) is 0. The molecule has 0 unspecified atom stereocenters. The van der Waals surface area contributed by atoms with Crippen molar-refractivity contribution in [1.29, 1.82) is 0 Å². The van der Waals surface area contributed by atoms with Crippen LogP contribution in [0, 0.1) is 12.5 Å². The van der Waals surface area contributed by atoms with Crippen LogP contribution >= 0.6 is 0 Å². The van der Waals surface area contributed by atoms with Gasteiger partial charge in [0, 0.05) is 33.0 Å². The molecule has 9 rings (SSSR count). The summed E-state index contributed by atoms with van der Waals surface area (Å²) in [6.45, 7) is 2.39. The summed E-state index contributed by atoms with van der Waals surface area (Å²) in [5, 5.41) is 6.03. The summed E-state index contributed by atoms with van der Waals surface area (Å²) >= 11 is 0. The van der Waals surface area contributed by atoms with Crippen molar-refractivity contribution >= 4 is 78.1 Å². The molecule has 8 nitrogen and oxygen atoms in total. The zero-order valence-corrected chi connectivity index (χ0v) is 25.4. The van der Waals surface area contributed by atoms with Gasteiger partial charge < -0.3 is 9.47 Å². The molecule has 4 amide bonds. The van der Waals surface area contributed by atoms with Crippen molar-refractivity contribution in [3.63, 3.8) is 0 Å². The van der Waals surface area contributed by atoms with Crippen LogP contribution in [0.3, 0.4) is 0 Å². The SMILES string of the molecule is C#COc1ccc(N2C(=O)c3ccc4c5ccc6c7c(ccc(c8ccc(c3c48)C2=O)c75)C(=O)N(c2ccc(OCC)cc2)C6=O)cc1. The highest BCUT2D eigenvalue weighted by Crippen LogP contribution is 2.47. The first kappa shape index (κ1) is 27.6. The molecule has 0 fully saturated rings. The second-order valence-electron chi connectivity index (χ2n) is 11.7. The van der Waals surface area contributed by atoms with Crippen molar-refractivity contribution in [2.45, 2.75) is 6.92 Å². The van der Waals surface area contributed by atoms with Gasteiger partial charge in [0.1, 0.15) is 17.6 Å². The molecule has 0 atom stereocenters. The van der Waals surface area contributed by atoms with E-state index >= 15 is 0 Å². The molecular formula is C40H22N2O6. The van der Waals surface area contributed by atoms with Gasteiger partial charge in [0.2, 0.25) is 0 Å². The quantitative estimate of drug-likeness (QED) is 0.0841. The molecule has 0 saturated heterocycles. The Kier molecular flexibility index (Phi) is 5.68. The summed E-state index contributed by atoms with van der Waals surface area (Å²) in [4.78, 5) is 58.2. The van der Waals surface area contributed by atoms with E-state index in [0.29, 0.717) is 62.5 Å². The Morgan fingerprint density at radius 3 is 1.19 bits per heavy atom.